The van der Waals surface area contributed by atoms with Crippen molar-refractivity contribution in [2.75, 3.05) is 0 Å². The molecular weight excluding hydrogens is 481 g/mol. The molecule has 0 N–H and O–H groups in total. The Bertz CT molecular complexity index is 764. The number of fused-ring (bicyclic) bond motifs is 1. The summed E-state index contributed by atoms with van der Waals surface area (Å²) in [6.07, 6.45) is 8.02. The van der Waals surface area contributed by atoms with E-state index in [0.717, 1.165) is 18.0 Å². The number of hydrogen-bond donors (Lipinski definition) is 0. The molecule has 0 spiro atoms. The SMILES string of the molecule is CCC[CH2][Sn]([CH2]CCC)([CH2]CCC)[c]1cc2c(s1)C(=O)N(Cc1ccccc1)C2. The molecule has 4 heteroatoms. The predicted molar refractivity (Wildman–Crippen MR) is 129 cm³/mol. The van der Waals surface area contributed by atoms with Crippen LogP contribution in [0.3, 0.4) is 0 Å². The third kappa shape index (κ3) is 5.46. The van der Waals surface area contributed by atoms with Gasteiger partial charge < -0.3 is 0 Å². The molecule has 0 saturated carbocycles. The molecule has 1 aromatic heterocycles. The van der Waals surface area contributed by atoms with Crippen LogP contribution < -0.4 is 2.89 Å². The van der Waals surface area contributed by atoms with Gasteiger partial charge in [-0.1, -0.05) is 0 Å². The molecule has 1 aromatic carbocycles. The number of nitrogens with zero attached hydrogens (tertiary/aromatic N) is 1. The third-order valence-corrected chi connectivity index (χ3v) is 25.8. The second kappa shape index (κ2) is 11.0. The van der Waals surface area contributed by atoms with E-state index >= 15 is 0 Å². The maximum atomic E-state index is 13.1. The van der Waals surface area contributed by atoms with Crippen molar-refractivity contribution >= 4 is 38.5 Å². The van der Waals surface area contributed by atoms with Crippen LogP contribution in [0.25, 0.3) is 0 Å². The fraction of sp³-hybridized carbons (Fsp3) is 0.560. The second-order valence-corrected chi connectivity index (χ2v) is 23.9. The van der Waals surface area contributed by atoms with E-state index in [0.29, 0.717) is 0 Å². The van der Waals surface area contributed by atoms with Crippen LogP contribution in [0.2, 0.25) is 13.3 Å². The van der Waals surface area contributed by atoms with Gasteiger partial charge in [-0.3, -0.25) is 0 Å². The quantitative estimate of drug-likeness (QED) is 0.278. The topological polar surface area (TPSA) is 20.3 Å². The molecule has 2 aromatic rings. The standard InChI is InChI=1S/C13H10NOS.3C4H9.Sn/c15-13-12-11(6-7-16-12)9-14(13)8-10-4-2-1-3-5-10;3*1-3-4-2;/h1-6H,8-9H2;3*1,3-4H2,2H3;. The van der Waals surface area contributed by atoms with Crippen molar-refractivity contribution in [2.24, 2.45) is 0 Å². The van der Waals surface area contributed by atoms with Gasteiger partial charge in [0.25, 0.3) is 0 Å². The summed E-state index contributed by atoms with van der Waals surface area (Å²) in [5.41, 5.74) is 2.54. The number of carbonyl (C=O) groups is 1. The summed E-state index contributed by atoms with van der Waals surface area (Å²) in [5.74, 6) is 0.266. The van der Waals surface area contributed by atoms with Gasteiger partial charge >= 0.3 is 186 Å². The summed E-state index contributed by atoms with van der Waals surface area (Å²) in [4.78, 5) is 16.2. The van der Waals surface area contributed by atoms with E-state index in [1.54, 1.807) is 2.89 Å². The number of thiophene rings is 1. The zero-order valence-electron chi connectivity index (χ0n) is 18.5. The number of benzene rings is 1. The summed E-state index contributed by atoms with van der Waals surface area (Å²) in [6, 6.07) is 12.9. The van der Waals surface area contributed by atoms with E-state index in [9.17, 15) is 4.79 Å². The monoisotopic (exact) mass is 519 g/mol. The van der Waals surface area contributed by atoms with E-state index in [4.69, 9.17) is 0 Å². The normalized spacial score (nSPS) is 13.9. The van der Waals surface area contributed by atoms with Crippen molar-refractivity contribution in [3.05, 3.63) is 52.4 Å². The summed E-state index contributed by atoms with van der Waals surface area (Å²) >= 11 is -0.514. The average molecular weight is 518 g/mol. The van der Waals surface area contributed by atoms with Crippen LogP contribution in [0.5, 0.6) is 0 Å². The summed E-state index contributed by atoms with van der Waals surface area (Å²) in [6.45, 7) is 8.52. The zero-order valence-corrected chi connectivity index (χ0v) is 22.2. The Balaban J connectivity index is 1.82. The van der Waals surface area contributed by atoms with E-state index in [-0.39, 0.29) is 5.91 Å². The number of rotatable bonds is 12. The molecule has 1 amide bonds. The van der Waals surface area contributed by atoms with Gasteiger partial charge in [0.2, 0.25) is 0 Å². The Morgan fingerprint density at radius 3 is 2.03 bits per heavy atom. The van der Waals surface area contributed by atoms with Crippen LogP contribution in [0, 0.1) is 0 Å². The number of unbranched alkanes of at least 4 members (excludes halogenated alkanes) is 3. The van der Waals surface area contributed by atoms with Crippen molar-refractivity contribution in [2.45, 2.75) is 85.7 Å². The van der Waals surface area contributed by atoms with Crippen LogP contribution in [0.15, 0.2) is 36.4 Å². The molecule has 1 aliphatic heterocycles. The van der Waals surface area contributed by atoms with Crippen molar-refractivity contribution in [1.29, 1.82) is 0 Å². The zero-order chi connectivity index (χ0) is 20.7. The van der Waals surface area contributed by atoms with Crippen molar-refractivity contribution in [3.8, 4) is 0 Å². The molecule has 0 saturated heterocycles. The van der Waals surface area contributed by atoms with Crippen LogP contribution in [0.1, 0.15) is 80.1 Å². The average Bonchev–Trinajstić information content (AvgIpc) is 3.29. The molecule has 0 bridgehead atoms. The van der Waals surface area contributed by atoms with Crippen molar-refractivity contribution in [3.63, 3.8) is 0 Å². The van der Waals surface area contributed by atoms with Gasteiger partial charge in [-0.2, -0.15) is 0 Å². The first kappa shape index (κ1) is 22.9. The molecule has 2 nitrogen and oxygen atoms in total. The van der Waals surface area contributed by atoms with E-state index in [2.05, 4.69) is 51.1 Å². The van der Waals surface area contributed by atoms with E-state index in [1.165, 1.54) is 63.0 Å². The van der Waals surface area contributed by atoms with Gasteiger partial charge in [-0.05, 0) is 0 Å². The van der Waals surface area contributed by atoms with Gasteiger partial charge in [-0.15, -0.1) is 0 Å². The minimum atomic E-state index is -2.42. The molecule has 2 heterocycles. The fourth-order valence-electron chi connectivity index (χ4n) is 4.63. The summed E-state index contributed by atoms with van der Waals surface area (Å²) in [7, 11) is 0. The third-order valence-electron chi connectivity index (χ3n) is 6.42. The molecule has 0 aliphatic carbocycles. The van der Waals surface area contributed by atoms with Gasteiger partial charge in [0, 0.05) is 0 Å². The van der Waals surface area contributed by atoms with Crippen LogP contribution in [0.4, 0.5) is 0 Å². The first-order valence-corrected chi connectivity index (χ1v) is 19.9. The summed E-state index contributed by atoms with van der Waals surface area (Å²) in [5, 5.41) is 0. The van der Waals surface area contributed by atoms with Crippen molar-refractivity contribution in [1.82, 2.24) is 4.90 Å². The van der Waals surface area contributed by atoms with Gasteiger partial charge in [0.1, 0.15) is 0 Å². The maximum absolute atomic E-state index is 13.1. The second-order valence-electron chi connectivity index (χ2n) is 8.70. The number of amides is 1. The van der Waals surface area contributed by atoms with Crippen molar-refractivity contribution < 1.29 is 4.79 Å². The first-order valence-electron chi connectivity index (χ1n) is 11.6. The molecular formula is C25H37NOSSn. The first-order chi connectivity index (χ1) is 14.1. The predicted octanol–water partition coefficient (Wildman–Crippen LogP) is 6.96. The molecule has 0 atom stereocenters. The molecule has 29 heavy (non-hydrogen) atoms. The molecule has 0 radical (unpaired) electrons. The molecule has 0 unspecified atom stereocenters. The number of carbonyl (C=O) groups excluding carboxylic acids is 1. The summed E-state index contributed by atoms with van der Waals surface area (Å²) < 4.78 is 6.14. The molecule has 3 rings (SSSR count). The van der Waals surface area contributed by atoms with Gasteiger partial charge in [0.15, 0.2) is 0 Å². The Morgan fingerprint density at radius 1 is 0.931 bits per heavy atom. The molecule has 1 aliphatic rings. The van der Waals surface area contributed by atoms with Crippen LogP contribution in [-0.2, 0) is 13.1 Å². The molecule has 158 valence electrons. The fourth-order valence-corrected chi connectivity index (χ4v) is 25.0. The Kier molecular flexibility index (Phi) is 8.67. The van der Waals surface area contributed by atoms with E-state index < -0.39 is 18.4 Å². The minimum absolute atomic E-state index is 0.266. The number of hydrogen-bond acceptors (Lipinski definition) is 2. The van der Waals surface area contributed by atoms with Crippen LogP contribution in [-0.4, -0.2) is 29.2 Å². The van der Waals surface area contributed by atoms with Gasteiger partial charge in [-0.25, -0.2) is 0 Å². The van der Waals surface area contributed by atoms with Gasteiger partial charge in [0.05, 0.1) is 0 Å². The Hall–Kier alpha value is -0.811. The van der Waals surface area contributed by atoms with Crippen LogP contribution >= 0.6 is 11.3 Å². The molecule has 0 fully saturated rings. The Morgan fingerprint density at radius 2 is 1.52 bits per heavy atom. The Labute approximate surface area is 185 Å². The van der Waals surface area contributed by atoms with E-state index in [1.807, 2.05) is 22.3 Å².